The predicted octanol–water partition coefficient (Wildman–Crippen LogP) is 9.84. The van der Waals surface area contributed by atoms with E-state index in [1.54, 1.807) is 12.1 Å². The van der Waals surface area contributed by atoms with Crippen LogP contribution in [0.1, 0.15) is 101 Å². The van der Waals surface area contributed by atoms with Gasteiger partial charge in [0.05, 0.1) is 38.4 Å². The molecule has 2 N–H and O–H groups in total. The summed E-state index contributed by atoms with van der Waals surface area (Å²) in [6, 6.07) is 36.2. The molecule has 1 saturated heterocycles. The first kappa shape index (κ1) is 50.5. The van der Waals surface area contributed by atoms with Gasteiger partial charge < -0.3 is 34.3 Å². The summed E-state index contributed by atoms with van der Waals surface area (Å²) < 4.78 is 63.6. The van der Waals surface area contributed by atoms with Gasteiger partial charge in [0.15, 0.2) is 11.4 Å². The highest BCUT2D eigenvalue weighted by Crippen LogP contribution is 2.48. The number of amides is 2. The van der Waals surface area contributed by atoms with Crippen LogP contribution in [0.2, 0.25) is 0 Å². The van der Waals surface area contributed by atoms with E-state index in [0.29, 0.717) is 25.7 Å². The summed E-state index contributed by atoms with van der Waals surface area (Å²) in [6.07, 6.45) is -1.71. The lowest BCUT2D eigenvalue weighted by Gasteiger charge is -2.53. The minimum absolute atomic E-state index is 0.0211. The number of rotatable bonds is 26. The second-order valence-electron chi connectivity index (χ2n) is 16.8. The molecule has 6 atom stereocenters. The summed E-state index contributed by atoms with van der Waals surface area (Å²) in [5, 5.41) is 5.17. The van der Waals surface area contributed by atoms with Gasteiger partial charge in [-0.1, -0.05) is 154 Å². The van der Waals surface area contributed by atoms with Crippen LogP contribution in [0.25, 0.3) is 0 Å². The summed E-state index contributed by atoms with van der Waals surface area (Å²) in [6.45, 7) is 5.39. The Balaban J connectivity index is 1.16. The van der Waals surface area contributed by atoms with Crippen LogP contribution >= 0.6 is 0 Å². The van der Waals surface area contributed by atoms with Crippen LogP contribution in [-0.4, -0.2) is 66.2 Å². The second kappa shape index (κ2) is 25.8. The van der Waals surface area contributed by atoms with Crippen molar-refractivity contribution in [3.05, 3.63) is 144 Å². The molecular formula is C52H64F2N2O9. The number of halogens is 2. The molecule has 0 spiro atoms. The molecule has 350 valence electrons. The lowest BCUT2D eigenvalue weighted by Crippen LogP contribution is -2.68. The van der Waals surface area contributed by atoms with E-state index >= 15 is 8.78 Å². The number of carbonyl (C=O) groups is 4. The van der Waals surface area contributed by atoms with Crippen LogP contribution in [0.3, 0.4) is 0 Å². The number of carbonyl (C=O) groups excluding carboxylic acids is 4. The van der Waals surface area contributed by atoms with E-state index in [4.69, 9.17) is 23.7 Å². The van der Waals surface area contributed by atoms with E-state index in [0.717, 1.165) is 22.3 Å². The van der Waals surface area contributed by atoms with Gasteiger partial charge in [-0.25, -0.2) is 13.6 Å². The Morgan fingerprint density at radius 1 is 0.692 bits per heavy atom. The van der Waals surface area contributed by atoms with Crippen LogP contribution < -0.4 is 10.6 Å². The van der Waals surface area contributed by atoms with Crippen molar-refractivity contribution in [1.82, 2.24) is 10.6 Å². The van der Waals surface area contributed by atoms with Crippen LogP contribution in [0.4, 0.5) is 13.6 Å². The number of alkyl halides is 2. The van der Waals surface area contributed by atoms with Crippen molar-refractivity contribution >= 4 is 23.8 Å². The molecule has 0 bridgehead atoms. The molecule has 13 heteroatoms. The van der Waals surface area contributed by atoms with Crippen molar-refractivity contribution in [3.63, 3.8) is 0 Å². The molecule has 0 radical (unpaired) electrons. The van der Waals surface area contributed by atoms with Gasteiger partial charge in [-0.15, -0.1) is 0 Å². The molecule has 1 aliphatic rings. The first-order valence-electron chi connectivity index (χ1n) is 22.7. The maximum atomic E-state index is 16.9. The highest BCUT2D eigenvalue weighted by atomic mass is 19.3. The number of ether oxygens (including phenoxy) is 5. The molecule has 0 unspecified atom stereocenters. The average Bonchev–Trinajstić information content (AvgIpc) is 3.32. The number of esters is 1. The predicted molar refractivity (Wildman–Crippen MR) is 242 cm³/mol. The van der Waals surface area contributed by atoms with Gasteiger partial charge in [-0.05, 0) is 48.4 Å². The van der Waals surface area contributed by atoms with Crippen molar-refractivity contribution in [2.24, 2.45) is 5.92 Å². The summed E-state index contributed by atoms with van der Waals surface area (Å²) in [5.41, 5.74) is 1.34. The van der Waals surface area contributed by atoms with Crippen molar-refractivity contribution in [1.29, 1.82) is 0 Å². The van der Waals surface area contributed by atoms with Crippen LogP contribution in [0.15, 0.2) is 121 Å². The van der Waals surface area contributed by atoms with Gasteiger partial charge >= 0.3 is 12.1 Å². The molecule has 1 heterocycles. The molecule has 0 aromatic heterocycles. The number of ketones is 1. The number of nitrogens with one attached hydrogen (secondary N) is 2. The maximum absolute atomic E-state index is 16.9. The summed E-state index contributed by atoms with van der Waals surface area (Å²) in [5.74, 6) is -5.08. The monoisotopic (exact) mass is 898 g/mol. The Morgan fingerprint density at radius 2 is 1.20 bits per heavy atom. The number of unbranched alkanes of at least 4 members (excludes halogenated alkanes) is 3. The lowest BCUT2D eigenvalue weighted by molar-refractivity contribution is -0.332. The normalized spacial score (nSPS) is 20.0. The number of Topliss-reactive ketones (excluding diaryl/α,β-unsaturated/α-hetero) is 1. The Morgan fingerprint density at radius 3 is 1.75 bits per heavy atom. The molecule has 11 nitrogen and oxygen atoms in total. The maximum Gasteiger partial charge on any atom is 0.408 e. The van der Waals surface area contributed by atoms with Crippen LogP contribution in [0.5, 0.6) is 0 Å². The molecule has 1 aliphatic heterocycles. The topological polar surface area (TPSA) is 138 Å². The Hall–Kier alpha value is -5.50. The number of benzene rings is 4. The fourth-order valence-corrected chi connectivity index (χ4v) is 7.98. The zero-order chi connectivity index (χ0) is 46.5. The number of hydrogen-bond acceptors (Lipinski definition) is 9. The fourth-order valence-electron chi connectivity index (χ4n) is 7.98. The summed E-state index contributed by atoms with van der Waals surface area (Å²) in [7, 11) is 0. The summed E-state index contributed by atoms with van der Waals surface area (Å²) in [4.78, 5) is 51.1. The van der Waals surface area contributed by atoms with Crippen LogP contribution in [-0.2, 0) is 64.5 Å². The Labute approximate surface area is 381 Å². The van der Waals surface area contributed by atoms with Gasteiger partial charge in [0.1, 0.15) is 25.4 Å². The molecule has 5 rings (SSSR count). The lowest BCUT2D eigenvalue weighted by atomic mass is 9.76. The number of hydrogen-bond donors (Lipinski definition) is 2. The first-order chi connectivity index (χ1) is 31.4. The molecular weight excluding hydrogens is 835 g/mol. The minimum atomic E-state index is -3.31. The third kappa shape index (κ3) is 15.9. The van der Waals surface area contributed by atoms with Crippen molar-refractivity contribution < 1.29 is 51.6 Å². The molecule has 1 fully saturated rings. The van der Waals surface area contributed by atoms with Gasteiger partial charge in [-0.2, -0.15) is 0 Å². The molecule has 0 aliphatic carbocycles. The van der Waals surface area contributed by atoms with E-state index in [9.17, 15) is 19.2 Å². The molecule has 2 amide bonds. The minimum Gasteiger partial charge on any atom is -0.461 e. The zero-order valence-corrected chi connectivity index (χ0v) is 37.8. The average molecular weight is 899 g/mol. The van der Waals surface area contributed by atoms with Crippen molar-refractivity contribution in [2.75, 3.05) is 6.54 Å². The molecule has 4 aromatic rings. The van der Waals surface area contributed by atoms with Gasteiger partial charge in [-0.3, -0.25) is 14.4 Å². The largest absolute Gasteiger partial charge is 0.461 e. The van der Waals surface area contributed by atoms with Crippen molar-refractivity contribution in [2.45, 2.75) is 141 Å². The molecule has 4 aromatic carbocycles. The third-order valence-electron chi connectivity index (χ3n) is 11.9. The van der Waals surface area contributed by atoms with Crippen LogP contribution in [0, 0.1) is 5.92 Å². The number of alkyl carbamates (subject to hydrolysis) is 1. The van der Waals surface area contributed by atoms with Crippen molar-refractivity contribution in [3.8, 4) is 0 Å². The highest BCUT2D eigenvalue weighted by molar-refractivity contribution is 5.91. The molecule has 0 saturated carbocycles. The SMILES string of the molecule is CC[C@H]1O[C@@](C)(C(F)(F)CCCCCC[C@H](NC(=O)OCc2ccccc2)C(=O)NCC(=O)CCC(=O)OCc2ccccc2)[C@H](OCc2ccccc2)[C@@H](OCc2ccccc2)[C@H]1C. The summed E-state index contributed by atoms with van der Waals surface area (Å²) >= 11 is 0. The quantitative estimate of drug-likeness (QED) is 0.0466. The fraction of sp³-hybridized carbons (Fsp3) is 0.462. The van der Waals surface area contributed by atoms with E-state index in [1.165, 1.54) is 6.92 Å². The Kier molecular flexibility index (Phi) is 20.1. The third-order valence-corrected chi connectivity index (χ3v) is 11.9. The van der Waals surface area contributed by atoms with Gasteiger partial charge in [0.2, 0.25) is 5.91 Å². The molecule has 65 heavy (non-hydrogen) atoms. The Bertz CT molecular complexity index is 2040. The van der Waals surface area contributed by atoms with E-state index in [2.05, 4.69) is 10.6 Å². The first-order valence-corrected chi connectivity index (χ1v) is 22.7. The highest BCUT2D eigenvalue weighted by Gasteiger charge is 2.63. The van der Waals surface area contributed by atoms with E-state index in [-0.39, 0.29) is 64.6 Å². The van der Waals surface area contributed by atoms with E-state index < -0.39 is 66.1 Å². The zero-order valence-electron chi connectivity index (χ0n) is 37.8. The van der Waals surface area contributed by atoms with Gasteiger partial charge in [0.25, 0.3) is 5.92 Å². The van der Waals surface area contributed by atoms with E-state index in [1.807, 2.05) is 123 Å². The standard InChI is InChI=1S/C52H64F2N2O9/c1-4-45-38(2)47(62-35-40-23-13-8-14-24-40)48(63-36-41-25-15-9-16-26-41)51(3,65-45)52(53,54)32-20-6-5-19-29-44(56-50(60)64-37-42-27-17-10-18-28-42)49(59)55-33-43(57)30-31-46(58)61-34-39-21-11-7-12-22-39/h7-18,21-28,38,44-45,47-48H,4-6,19-20,29-37H2,1-3H3,(H,55,59)(H,56,60)/t38-,44-,45+,47-,48+,51+/m0/s1. The van der Waals surface area contributed by atoms with Gasteiger partial charge in [0, 0.05) is 18.8 Å². The second-order valence-corrected chi connectivity index (χ2v) is 16.8. The smallest absolute Gasteiger partial charge is 0.408 e.